The van der Waals surface area contributed by atoms with Crippen molar-refractivity contribution in [1.82, 2.24) is 20.2 Å². The molecule has 0 spiro atoms. The van der Waals surface area contributed by atoms with Gasteiger partial charge in [0.15, 0.2) is 0 Å². The SMILES string of the molecule is Cc1cc(C)cc(CNC(=O)c2cnc(C)nc2C2C=CN(C(=O)OC(C)(C)C)CC2)c1. The van der Waals surface area contributed by atoms with E-state index >= 15 is 0 Å². The van der Waals surface area contributed by atoms with Crippen LogP contribution in [0.4, 0.5) is 4.79 Å². The van der Waals surface area contributed by atoms with Crippen LogP contribution < -0.4 is 5.32 Å². The molecule has 1 N–H and O–H groups in total. The maximum atomic E-state index is 13.0. The molecule has 7 heteroatoms. The van der Waals surface area contributed by atoms with Gasteiger partial charge in [-0.05, 0) is 53.5 Å². The quantitative estimate of drug-likeness (QED) is 0.759. The summed E-state index contributed by atoms with van der Waals surface area (Å²) in [6.07, 6.45) is 5.47. The zero-order chi connectivity index (χ0) is 23.5. The summed E-state index contributed by atoms with van der Waals surface area (Å²) in [5.74, 6) is 0.313. The molecular weight excluding hydrogens is 404 g/mol. The van der Waals surface area contributed by atoms with E-state index in [2.05, 4.69) is 33.5 Å². The second-order valence-electron chi connectivity index (χ2n) is 9.31. The molecule has 0 radical (unpaired) electrons. The van der Waals surface area contributed by atoms with Crippen molar-refractivity contribution in [2.75, 3.05) is 6.54 Å². The minimum absolute atomic E-state index is 0.0858. The number of allylic oxidation sites excluding steroid dienone is 1. The van der Waals surface area contributed by atoms with Crippen LogP contribution in [-0.2, 0) is 11.3 Å². The van der Waals surface area contributed by atoms with Crippen LogP contribution >= 0.6 is 0 Å². The Hall–Kier alpha value is -3.22. The molecule has 0 saturated carbocycles. The predicted octanol–water partition coefficient (Wildman–Crippen LogP) is 4.57. The molecule has 0 saturated heterocycles. The van der Waals surface area contributed by atoms with Gasteiger partial charge in [0.2, 0.25) is 0 Å². The molecule has 2 amide bonds. The smallest absolute Gasteiger partial charge is 0.414 e. The zero-order valence-corrected chi connectivity index (χ0v) is 19.7. The lowest BCUT2D eigenvalue weighted by molar-refractivity contribution is 0.0323. The third kappa shape index (κ3) is 6.15. The number of amides is 2. The second kappa shape index (κ2) is 9.51. The van der Waals surface area contributed by atoms with Gasteiger partial charge in [0.1, 0.15) is 11.4 Å². The van der Waals surface area contributed by atoms with Crippen molar-refractivity contribution in [3.05, 3.63) is 70.4 Å². The Balaban J connectivity index is 1.74. The molecule has 170 valence electrons. The molecular formula is C25H32N4O3. The highest BCUT2D eigenvalue weighted by molar-refractivity contribution is 5.95. The molecule has 1 unspecified atom stereocenters. The Morgan fingerprint density at radius 3 is 2.44 bits per heavy atom. The van der Waals surface area contributed by atoms with Crippen molar-refractivity contribution in [3.8, 4) is 0 Å². The number of carbonyl (C=O) groups excluding carboxylic acids is 2. The van der Waals surface area contributed by atoms with Crippen LogP contribution in [0.5, 0.6) is 0 Å². The first kappa shape index (κ1) is 23.4. The Bertz CT molecular complexity index is 1020. The Labute approximate surface area is 189 Å². The summed E-state index contributed by atoms with van der Waals surface area (Å²) < 4.78 is 5.44. The van der Waals surface area contributed by atoms with Gasteiger partial charge < -0.3 is 10.1 Å². The van der Waals surface area contributed by atoms with Gasteiger partial charge in [0.05, 0.1) is 11.3 Å². The van der Waals surface area contributed by atoms with Gasteiger partial charge in [-0.2, -0.15) is 0 Å². The summed E-state index contributed by atoms with van der Waals surface area (Å²) in [5, 5.41) is 2.99. The van der Waals surface area contributed by atoms with Crippen molar-refractivity contribution >= 4 is 12.0 Å². The molecule has 0 aliphatic carbocycles. The minimum Gasteiger partial charge on any atom is -0.443 e. The summed E-state index contributed by atoms with van der Waals surface area (Å²) in [7, 11) is 0. The van der Waals surface area contributed by atoms with Crippen molar-refractivity contribution in [1.29, 1.82) is 0 Å². The Morgan fingerprint density at radius 2 is 1.84 bits per heavy atom. The lowest BCUT2D eigenvalue weighted by Gasteiger charge is -2.29. The minimum atomic E-state index is -0.549. The van der Waals surface area contributed by atoms with Gasteiger partial charge in [0.25, 0.3) is 5.91 Å². The highest BCUT2D eigenvalue weighted by atomic mass is 16.6. The number of ether oxygens (including phenoxy) is 1. The van der Waals surface area contributed by atoms with E-state index in [4.69, 9.17) is 4.74 Å². The fourth-order valence-corrected chi connectivity index (χ4v) is 3.75. The first-order valence-electron chi connectivity index (χ1n) is 10.9. The molecule has 1 aromatic carbocycles. The lowest BCUT2D eigenvalue weighted by Crippen LogP contribution is -2.36. The number of benzene rings is 1. The van der Waals surface area contributed by atoms with E-state index in [9.17, 15) is 9.59 Å². The van der Waals surface area contributed by atoms with Gasteiger partial charge in [-0.3, -0.25) is 9.69 Å². The van der Waals surface area contributed by atoms with E-state index < -0.39 is 5.60 Å². The van der Waals surface area contributed by atoms with Crippen LogP contribution in [0.15, 0.2) is 36.7 Å². The predicted molar refractivity (Wildman–Crippen MR) is 123 cm³/mol. The molecule has 2 aromatic rings. The summed E-state index contributed by atoms with van der Waals surface area (Å²) in [5.41, 5.74) is 3.96. The largest absolute Gasteiger partial charge is 0.443 e. The maximum absolute atomic E-state index is 13.0. The number of aryl methyl sites for hydroxylation is 3. The number of hydrogen-bond acceptors (Lipinski definition) is 5. The van der Waals surface area contributed by atoms with E-state index in [1.165, 1.54) is 0 Å². The van der Waals surface area contributed by atoms with Gasteiger partial charge in [-0.15, -0.1) is 0 Å². The summed E-state index contributed by atoms with van der Waals surface area (Å²) >= 11 is 0. The molecule has 1 aromatic heterocycles. The second-order valence-corrected chi connectivity index (χ2v) is 9.31. The van der Waals surface area contributed by atoms with E-state index in [0.29, 0.717) is 36.6 Å². The summed E-state index contributed by atoms with van der Waals surface area (Å²) in [6.45, 7) is 12.3. The average Bonchev–Trinajstić information content (AvgIpc) is 2.70. The molecule has 2 heterocycles. The van der Waals surface area contributed by atoms with Crippen LogP contribution in [0, 0.1) is 20.8 Å². The Kier molecular flexibility index (Phi) is 6.96. The highest BCUT2D eigenvalue weighted by Crippen LogP contribution is 2.27. The highest BCUT2D eigenvalue weighted by Gasteiger charge is 2.27. The number of nitrogens with one attached hydrogen (secondary N) is 1. The van der Waals surface area contributed by atoms with Crippen LogP contribution in [0.1, 0.15) is 71.7 Å². The molecule has 0 fully saturated rings. The first-order chi connectivity index (χ1) is 15.0. The van der Waals surface area contributed by atoms with Gasteiger partial charge >= 0.3 is 6.09 Å². The van der Waals surface area contributed by atoms with E-state index in [1.807, 2.05) is 40.7 Å². The van der Waals surface area contributed by atoms with Crippen molar-refractivity contribution in [2.24, 2.45) is 0 Å². The summed E-state index contributed by atoms with van der Waals surface area (Å²) in [6, 6.07) is 6.23. The molecule has 1 atom stereocenters. The molecule has 1 aliphatic rings. The molecule has 7 nitrogen and oxygen atoms in total. The molecule has 0 bridgehead atoms. The third-order valence-electron chi connectivity index (χ3n) is 5.08. The normalized spacial score (nSPS) is 16.1. The number of hydrogen-bond donors (Lipinski definition) is 1. The monoisotopic (exact) mass is 436 g/mol. The maximum Gasteiger partial charge on any atom is 0.414 e. The topological polar surface area (TPSA) is 84.4 Å². The lowest BCUT2D eigenvalue weighted by atomic mass is 9.94. The van der Waals surface area contributed by atoms with E-state index in [1.54, 1.807) is 24.2 Å². The molecule has 3 rings (SSSR count). The standard InChI is InChI=1S/C25H32N4O3/c1-16-11-17(2)13-19(12-16)14-27-23(30)21-15-26-18(3)28-22(21)20-7-9-29(10-8-20)24(31)32-25(4,5)6/h7,9,11-13,15,20H,8,10,14H2,1-6H3,(H,27,30). The van der Waals surface area contributed by atoms with Gasteiger partial charge in [-0.1, -0.05) is 35.4 Å². The van der Waals surface area contributed by atoms with E-state index in [-0.39, 0.29) is 17.9 Å². The summed E-state index contributed by atoms with van der Waals surface area (Å²) in [4.78, 5) is 35.7. The number of rotatable bonds is 4. The molecule has 32 heavy (non-hydrogen) atoms. The van der Waals surface area contributed by atoms with Crippen LogP contribution in [0.3, 0.4) is 0 Å². The van der Waals surface area contributed by atoms with Crippen molar-refractivity contribution < 1.29 is 14.3 Å². The fourth-order valence-electron chi connectivity index (χ4n) is 3.75. The molecule has 1 aliphatic heterocycles. The van der Waals surface area contributed by atoms with Gasteiger partial charge in [-0.25, -0.2) is 14.8 Å². The van der Waals surface area contributed by atoms with Crippen molar-refractivity contribution in [2.45, 2.75) is 66.0 Å². The number of nitrogens with zero attached hydrogens (tertiary/aromatic N) is 3. The average molecular weight is 437 g/mol. The van der Waals surface area contributed by atoms with Crippen LogP contribution in [-0.4, -0.2) is 39.0 Å². The van der Waals surface area contributed by atoms with Gasteiger partial charge in [0, 0.05) is 31.4 Å². The Morgan fingerprint density at radius 1 is 1.16 bits per heavy atom. The number of aromatic nitrogens is 2. The fraction of sp³-hybridized carbons (Fsp3) is 0.440. The zero-order valence-electron chi connectivity index (χ0n) is 19.7. The first-order valence-corrected chi connectivity index (χ1v) is 10.9. The van der Waals surface area contributed by atoms with Crippen molar-refractivity contribution in [3.63, 3.8) is 0 Å². The third-order valence-corrected chi connectivity index (χ3v) is 5.08. The van der Waals surface area contributed by atoms with Crippen LogP contribution in [0.25, 0.3) is 0 Å². The number of carbonyl (C=O) groups is 2. The van der Waals surface area contributed by atoms with Crippen LogP contribution in [0.2, 0.25) is 0 Å². The van der Waals surface area contributed by atoms with E-state index in [0.717, 1.165) is 16.7 Å².